The molecule has 2 aromatic carbocycles. The molecular formula is C19H20ClF3N2O3S. The van der Waals surface area contributed by atoms with Crippen molar-refractivity contribution >= 4 is 38.9 Å². The minimum absolute atomic E-state index is 0.312. The molecule has 0 aromatic heterocycles. The molecule has 0 aliphatic carbocycles. The van der Waals surface area contributed by atoms with Crippen molar-refractivity contribution in [3.63, 3.8) is 0 Å². The lowest BCUT2D eigenvalue weighted by Gasteiger charge is -2.29. The molecular weight excluding hydrogens is 429 g/mol. The van der Waals surface area contributed by atoms with Crippen molar-refractivity contribution in [2.24, 2.45) is 0 Å². The van der Waals surface area contributed by atoms with E-state index in [0.29, 0.717) is 16.1 Å². The number of sulfonamides is 1. The van der Waals surface area contributed by atoms with E-state index in [1.165, 1.54) is 6.92 Å². The van der Waals surface area contributed by atoms with Crippen LogP contribution in [0.25, 0.3) is 0 Å². The quantitative estimate of drug-likeness (QED) is 0.695. The third-order valence-electron chi connectivity index (χ3n) is 4.23. The molecule has 0 saturated carbocycles. The largest absolute Gasteiger partial charge is 0.417 e. The van der Waals surface area contributed by atoms with Crippen LogP contribution in [0.3, 0.4) is 0 Å². The molecule has 0 aliphatic rings. The number of hydrogen-bond donors (Lipinski definition) is 1. The van der Waals surface area contributed by atoms with Gasteiger partial charge in [-0.05, 0) is 49.2 Å². The molecule has 0 aliphatic heterocycles. The van der Waals surface area contributed by atoms with Gasteiger partial charge in [-0.15, -0.1) is 0 Å². The fourth-order valence-electron chi connectivity index (χ4n) is 2.75. The van der Waals surface area contributed by atoms with Crippen LogP contribution >= 0.6 is 11.6 Å². The highest BCUT2D eigenvalue weighted by Gasteiger charge is 2.36. The van der Waals surface area contributed by atoms with Gasteiger partial charge < -0.3 is 5.32 Å². The molecule has 0 heterocycles. The van der Waals surface area contributed by atoms with E-state index in [1.807, 2.05) is 19.1 Å². The number of amides is 1. The Morgan fingerprint density at radius 2 is 1.76 bits per heavy atom. The SMILES string of the molecule is CCc1ccc(NC(=O)[C@@H](C)N(c2ccc(Cl)c(C(F)(F)F)c2)S(C)(=O)=O)cc1. The van der Waals surface area contributed by atoms with Gasteiger partial charge in [0.2, 0.25) is 15.9 Å². The Hall–Kier alpha value is -2.26. The van der Waals surface area contributed by atoms with Gasteiger partial charge in [-0.1, -0.05) is 30.7 Å². The molecule has 29 heavy (non-hydrogen) atoms. The number of alkyl halides is 3. The van der Waals surface area contributed by atoms with Crippen LogP contribution in [-0.4, -0.2) is 26.6 Å². The first kappa shape index (κ1) is 23.0. The number of rotatable bonds is 6. The van der Waals surface area contributed by atoms with Gasteiger partial charge in [0, 0.05) is 5.69 Å². The Balaban J connectivity index is 2.38. The number of halogens is 4. The lowest BCUT2D eigenvalue weighted by atomic mass is 10.1. The van der Waals surface area contributed by atoms with Gasteiger partial charge in [-0.3, -0.25) is 9.10 Å². The highest BCUT2D eigenvalue weighted by atomic mass is 35.5. The monoisotopic (exact) mass is 448 g/mol. The van der Waals surface area contributed by atoms with Crippen molar-refractivity contribution in [3.05, 3.63) is 58.6 Å². The zero-order valence-corrected chi connectivity index (χ0v) is 17.5. The second-order valence-electron chi connectivity index (χ2n) is 6.44. The molecule has 5 nitrogen and oxygen atoms in total. The summed E-state index contributed by atoms with van der Waals surface area (Å²) in [6.07, 6.45) is -3.15. The average molecular weight is 449 g/mol. The van der Waals surface area contributed by atoms with E-state index in [4.69, 9.17) is 11.6 Å². The number of benzene rings is 2. The Bertz CT molecular complexity index is 993. The molecule has 0 fully saturated rings. The molecule has 0 saturated heterocycles. The molecule has 1 amide bonds. The van der Waals surface area contributed by atoms with Crippen LogP contribution in [0.15, 0.2) is 42.5 Å². The van der Waals surface area contributed by atoms with E-state index >= 15 is 0 Å². The molecule has 1 N–H and O–H groups in total. The number of hydrogen-bond acceptors (Lipinski definition) is 3. The lowest BCUT2D eigenvalue weighted by Crippen LogP contribution is -2.45. The number of nitrogens with one attached hydrogen (secondary N) is 1. The Morgan fingerprint density at radius 3 is 2.24 bits per heavy atom. The summed E-state index contributed by atoms with van der Waals surface area (Å²) in [6.45, 7) is 3.26. The average Bonchev–Trinajstić information content (AvgIpc) is 2.61. The van der Waals surface area contributed by atoms with Gasteiger partial charge >= 0.3 is 6.18 Å². The number of nitrogens with zero attached hydrogens (tertiary/aromatic N) is 1. The van der Waals surface area contributed by atoms with Gasteiger partial charge in [-0.2, -0.15) is 13.2 Å². The summed E-state index contributed by atoms with van der Waals surface area (Å²) in [5.74, 6) is -0.691. The Morgan fingerprint density at radius 1 is 1.17 bits per heavy atom. The van der Waals surface area contributed by atoms with Crippen LogP contribution in [0, 0.1) is 0 Å². The fourth-order valence-corrected chi connectivity index (χ4v) is 4.14. The second-order valence-corrected chi connectivity index (χ2v) is 8.70. The standard InChI is InChI=1S/C19H20ClF3N2O3S/c1-4-13-5-7-14(8-6-13)24-18(26)12(2)25(29(3,27)28)15-9-10-17(20)16(11-15)19(21,22)23/h5-12H,4H2,1-3H3,(H,24,26)/t12-/m1/s1. The summed E-state index contributed by atoms with van der Waals surface area (Å²) < 4.78 is 64.7. The van der Waals surface area contributed by atoms with Gasteiger partial charge in [0.1, 0.15) is 6.04 Å². The van der Waals surface area contributed by atoms with E-state index in [0.717, 1.165) is 30.4 Å². The van der Waals surface area contributed by atoms with Gasteiger partial charge in [0.25, 0.3) is 0 Å². The van der Waals surface area contributed by atoms with Gasteiger partial charge in [0.15, 0.2) is 0 Å². The predicted octanol–water partition coefficient (Wildman–Crippen LogP) is 4.71. The van der Waals surface area contributed by atoms with Crippen LogP contribution in [0.4, 0.5) is 24.5 Å². The van der Waals surface area contributed by atoms with E-state index in [9.17, 15) is 26.4 Å². The third kappa shape index (κ3) is 5.63. The first-order valence-corrected chi connectivity index (χ1v) is 10.8. The summed E-state index contributed by atoms with van der Waals surface area (Å²) in [5, 5.41) is 2.01. The smallest absolute Gasteiger partial charge is 0.324 e. The predicted molar refractivity (Wildman–Crippen MR) is 108 cm³/mol. The van der Waals surface area contributed by atoms with Crippen LogP contribution in [0.5, 0.6) is 0 Å². The van der Waals surface area contributed by atoms with Gasteiger partial charge in [-0.25, -0.2) is 8.42 Å². The molecule has 2 rings (SSSR count). The van der Waals surface area contributed by atoms with Crippen molar-refractivity contribution in [1.82, 2.24) is 0 Å². The summed E-state index contributed by atoms with van der Waals surface area (Å²) >= 11 is 5.61. The molecule has 158 valence electrons. The van der Waals surface area contributed by atoms with E-state index in [2.05, 4.69) is 5.32 Å². The number of carbonyl (C=O) groups is 1. The van der Waals surface area contributed by atoms with Crippen molar-refractivity contribution in [2.75, 3.05) is 15.9 Å². The Labute approximate surface area is 172 Å². The summed E-state index contributed by atoms with van der Waals surface area (Å²) in [7, 11) is -4.08. The molecule has 0 spiro atoms. The van der Waals surface area contributed by atoms with E-state index < -0.39 is 38.7 Å². The maximum atomic E-state index is 13.2. The number of anilines is 2. The number of aryl methyl sites for hydroxylation is 1. The highest BCUT2D eigenvalue weighted by molar-refractivity contribution is 7.92. The molecule has 1 atom stereocenters. The molecule has 0 radical (unpaired) electrons. The lowest BCUT2D eigenvalue weighted by molar-refractivity contribution is -0.137. The zero-order chi connectivity index (χ0) is 22.0. The van der Waals surface area contributed by atoms with Crippen molar-refractivity contribution < 1.29 is 26.4 Å². The first-order chi connectivity index (χ1) is 13.3. The topological polar surface area (TPSA) is 66.5 Å². The van der Waals surface area contributed by atoms with Gasteiger partial charge in [0.05, 0.1) is 22.5 Å². The summed E-state index contributed by atoms with van der Waals surface area (Å²) in [5.41, 5.74) is -0.00414. The summed E-state index contributed by atoms with van der Waals surface area (Å²) in [4.78, 5) is 12.6. The van der Waals surface area contributed by atoms with Crippen molar-refractivity contribution in [3.8, 4) is 0 Å². The molecule has 2 aromatic rings. The van der Waals surface area contributed by atoms with Crippen LogP contribution in [-0.2, 0) is 27.4 Å². The van der Waals surface area contributed by atoms with E-state index in [-0.39, 0.29) is 5.69 Å². The zero-order valence-electron chi connectivity index (χ0n) is 15.9. The minimum atomic E-state index is -4.78. The summed E-state index contributed by atoms with van der Waals surface area (Å²) in [6, 6.07) is 8.33. The fraction of sp³-hybridized carbons (Fsp3) is 0.316. The minimum Gasteiger partial charge on any atom is -0.324 e. The Kier molecular flexibility index (Phi) is 6.85. The van der Waals surface area contributed by atoms with E-state index in [1.54, 1.807) is 12.1 Å². The highest BCUT2D eigenvalue weighted by Crippen LogP contribution is 2.37. The van der Waals surface area contributed by atoms with Crippen molar-refractivity contribution in [1.29, 1.82) is 0 Å². The molecule has 10 heteroatoms. The van der Waals surface area contributed by atoms with Crippen LogP contribution in [0.2, 0.25) is 5.02 Å². The third-order valence-corrected chi connectivity index (χ3v) is 5.80. The first-order valence-electron chi connectivity index (χ1n) is 8.60. The van der Waals surface area contributed by atoms with Crippen LogP contribution < -0.4 is 9.62 Å². The second kappa shape index (κ2) is 8.62. The maximum absolute atomic E-state index is 13.2. The number of carbonyl (C=O) groups excluding carboxylic acids is 1. The molecule has 0 unspecified atom stereocenters. The normalized spacial score (nSPS) is 13.1. The van der Waals surface area contributed by atoms with Crippen LogP contribution in [0.1, 0.15) is 25.0 Å². The van der Waals surface area contributed by atoms with Crippen molar-refractivity contribution in [2.45, 2.75) is 32.5 Å². The molecule has 0 bridgehead atoms. The maximum Gasteiger partial charge on any atom is 0.417 e.